The van der Waals surface area contributed by atoms with Crippen molar-refractivity contribution >= 4 is 11.8 Å². The van der Waals surface area contributed by atoms with E-state index in [9.17, 15) is 9.59 Å². The van der Waals surface area contributed by atoms with Crippen LogP contribution in [0.15, 0.2) is 42.5 Å². The molecule has 1 heterocycles. The summed E-state index contributed by atoms with van der Waals surface area (Å²) < 4.78 is 15.8. The Labute approximate surface area is 164 Å². The van der Waals surface area contributed by atoms with E-state index < -0.39 is 0 Å². The molecule has 7 heteroatoms. The summed E-state index contributed by atoms with van der Waals surface area (Å²) in [6.45, 7) is 2.49. The zero-order valence-corrected chi connectivity index (χ0v) is 16.1. The minimum absolute atomic E-state index is 0.00634. The number of carbonyl (C=O) groups is 2. The summed E-state index contributed by atoms with van der Waals surface area (Å²) in [4.78, 5) is 25.7. The highest BCUT2D eigenvalue weighted by atomic mass is 16.7. The van der Waals surface area contributed by atoms with Crippen molar-refractivity contribution in [1.29, 1.82) is 0 Å². The molecule has 7 nitrogen and oxygen atoms in total. The number of carbonyl (C=O) groups excluding carboxylic acids is 2. The molecule has 0 aliphatic carbocycles. The fraction of sp³-hybridized carbons (Fsp3) is 0.333. The fourth-order valence-electron chi connectivity index (χ4n) is 2.91. The SMILES string of the molecule is COc1ccc(CCNC(=O)CN(Cc2ccc3c(c2)OCO3)C(C)=O)cc1. The molecule has 1 N–H and O–H groups in total. The van der Waals surface area contributed by atoms with E-state index in [1.807, 2.05) is 42.5 Å². The van der Waals surface area contributed by atoms with E-state index in [0.29, 0.717) is 31.0 Å². The highest BCUT2D eigenvalue weighted by molar-refractivity contribution is 5.83. The average molecular weight is 384 g/mol. The lowest BCUT2D eigenvalue weighted by molar-refractivity contribution is -0.134. The number of amides is 2. The second-order valence-corrected chi connectivity index (χ2v) is 6.51. The lowest BCUT2D eigenvalue weighted by Crippen LogP contribution is -2.39. The third-order valence-electron chi connectivity index (χ3n) is 4.49. The third kappa shape index (κ3) is 5.16. The van der Waals surface area contributed by atoms with Crippen molar-refractivity contribution in [3.05, 3.63) is 53.6 Å². The van der Waals surface area contributed by atoms with Crippen molar-refractivity contribution in [2.24, 2.45) is 0 Å². The van der Waals surface area contributed by atoms with E-state index in [0.717, 1.165) is 16.9 Å². The highest BCUT2D eigenvalue weighted by Crippen LogP contribution is 2.32. The summed E-state index contributed by atoms with van der Waals surface area (Å²) in [6.07, 6.45) is 0.706. The lowest BCUT2D eigenvalue weighted by atomic mass is 10.1. The first-order valence-electron chi connectivity index (χ1n) is 9.09. The zero-order chi connectivity index (χ0) is 19.9. The van der Waals surface area contributed by atoms with Crippen LogP contribution in [0.4, 0.5) is 0 Å². The predicted molar refractivity (Wildman–Crippen MR) is 103 cm³/mol. The number of rotatable bonds is 8. The normalized spacial score (nSPS) is 11.8. The molecule has 0 spiro atoms. The van der Waals surface area contributed by atoms with Crippen LogP contribution in [0.5, 0.6) is 17.2 Å². The van der Waals surface area contributed by atoms with E-state index in [1.165, 1.54) is 11.8 Å². The zero-order valence-electron chi connectivity index (χ0n) is 16.1. The smallest absolute Gasteiger partial charge is 0.239 e. The van der Waals surface area contributed by atoms with Crippen LogP contribution in [0, 0.1) is 0 Å². The minimum atomic E-state index is -0.190. The number of benzene rings is 2. The van der Waals surface area contributed by atoms with Gasteiger partial charge >= 0.3 is 0 Å². The van der Waals surface area contributed by atoms with Gasteiger partial charge in [0.05, 0.1) is 13.7 Å². The van der Waals surface area contributed by atoms with Gasteiger partial charge in [-0.05, 0) is 41.8 Å². The van der Waals surface area contributed by atoms with Crippen LogP contribution in [0.1, 0.15) is 18.1 Å². The summed E-state index contributed by atoms with van der Waals surface area (Å²) in [5, 5.41) is 2.86. The van der Waals surface area contributed by atoms with Crippen molar-refractivity contribution < 1.29 is 23.8 Å². The predicted octanol–water partition coefficient (Wildman–Crippen LogP) is 2.13. The first kappa shape index (κ1) is 19.5. The molecule has 0 aromatic heterocycles. The molecule has 0 radical (unpaired) electrons. The van der Waals surface area contributed by atoms with E-state index >= 15 is 0 Å². The number of nitrogens with zero attached hydrogens (tertiary/aromatic N) is 1. The van der Waals surface area contributed by atoms with Crippen molar-refractivity contribution in [3.63, 3.8) is 0 Å². The molecule has 0 saturated heterocycles. The largest absolute Gasteiger partial charge is 0.497 e. The maximum absolute atomic E-state index is 12.3. The number of ether oxygens (including phenoxy) is 3. The summed E-state index contributed by atoms with van der Waals surface area (Å²) in [7, 11) is 1.62. The number of hydrogen-bond donors (Lipinski definition) is 1. The van der Waals surface area contributed by atoms with Gasteiger partial charge in [-0.25, -0.2) is 0 Å². The Hall–Kier alpha value is -3.22. The molecular weight excluding hydrogens is 360 g/mol. The molecule has 3 rings (SSSR count). The van der Waals surface area contributed by atoms with Crippen LogP contribution >= 0.6 is 0 Å². The molecule has 0 atom stereocenters. The van der Waals surface area contributed by atoms with Gasteiger partial charge in [0.25, 0.3) is 0 Å². The molecule has 2 aromatic rings. The Kier molecular flexibility index (Phi) is 6.37. The molecule has 0 fully saturated rings. The second kappa shape index (κ2) is 9.12. The van der Waals surface area contributed by atoms with Crippen molar-refractivity contribution in [2.75, 3.05) is 27.0 Å². The fourth-order valence-corrected chi connectivity index (χ4v) is 2.91. The molecule has 0 bridgehead atoms. The molecule has 2 aromatic carbocycles. The Bertz CT molecular complexity index is 835. The van der Waals surface area contributed by atoms with E-state index in [4.69, 9.17) is 14.2 Å². The van der Waals surface area contributed by atoms with Gasteiger partial charge in [-0.3, -0.25) is 9.59 Å². The van der Waals surface area contributed by atoms with Crippen LogP contribution in [0.3, 0.4) is 0 Å². The molecule has 1 aliphatic rings. The Morgan fingerprint density at radius 1 is 1.07 bits per heavy atom. The molecule has 1 aliphatic heterocycles. The highest BCUT2D eigenvalue weighted by Gasteiger charge is 2.17. The minimum Gasteiger partial charge on any atom is -0.497 e. The number of hydrogen-bond acceptors (Lipinski definition) is 5. The van der Waals surface area contributed by atoms with E-state index in [-0.39, 0.29) is 25.2 Å². The van der Waals surface area contributed by atoms with Crippen molar-refractivity contribution in [1.82, 2.24) is 10.2 Å². The van der Waals surface area contributed by atoms with Gasteiger partial charge in [-0.15, -0.1) is 0 Å². The van der Waals surface area contributed by atoms with Crippen LogP contribution in [0.25, 0.3) is 0 Å². The Morgan fingerprint density at radius 3 is 2.50 bits per heavy atom. The number of nitrogens with one attached hydrogen (secondary N) is 1. The van der Waals surface area contributed by atoms with Gasteiger partial charge in [0.1, 0.15) is 5.75 Å². The summed E-state index contributed by atoms with van der Waals surface area (Å²) >= 11 is 0. The Morgan fingerprint density at radius 2 is 1.79 bits per heavy atom. The summed E-state index contributed by atoms with van der Waals surface area (Å²) in [5.41, 5.74) is 1.98. The number of fused-ring (bicyclic) bond motifs is 1. The molecule has 0 saturated carbocycles. The monoisotopic (exact) mass is 384 g/mol. The van der Waals surface area contributed by atoms with Gasteiger partial charge in [-0.1, -0.05) is 18.2 Å². The van der Waals surface area contributed by atoms with Crippen molar-refractivity contribution in [3.8, 4) is 17.2 Å². The maximum Gasteiger partial charge on any atom is 0.239 e. The van der Waals surface area contributed by atoms with Crippen molar-refractivity contribution in [2.45, 2.75) is 19.9 Å². The third-order valence-corrected chi connectivity index (χ3v) is 4.49. The summed E-state index contributed by atoms with van der Waals surface area (Å²) in [6, 6.07) is 13.2. The topological polar surface area (TPSA) is 77.1 Å². The van der Waals surface area contributed by atoms with E-state index in [2.05, 4.69) is 5.32 Å². The molecule has 148 valence electrons. The molecule has 2 amide bonds. The van der Waals surface area contributed by atoms with Gasteiger partial charge in [0.2, 0.25) is 18.6 Å². The molecule has 28 heavy (non-hydrogen) atoms. The Balaban J connectivity index is 1.49. The van der Waals surface area contributed by atoms with Gasteiger partial charge in [-0.2, -0.15) is 0 Å². The second-order valence-electron chi connectivity index (χ2n) is 6.51. The maximum atomic E-state index is 12.3. The molecule has 0 unspecified atom stereocenters. The molecular formula is C21H24N2O5. The first-order chi connectivity index (χ1) is 13.5. The average Bonchev–Trinajstić information content (AvgIpc) is 3.16. The summed E-state index contributed by atoms with van der Waals surface area (Å²) in [5.74, 6) is 1.79. The van der Waals surface area contributed by atoms with Gasteiger partial charge in [0.15, 0.2) is 11.5 Å². The standard InChI is InChI=1S/C21H24N2O5/c1-15(24)23(12-17-5-8-19-20(11-17)28-14-27-19)13-21(25)22-10-9-16-3-6-18(26-2)7-4-16/h3-8,11H,9-10,12-14H2,1-2H3,(H,22,25). The van der Waals surface area contributed by atoms with E-state index in [1.54, 1.807) is 7.11 Å². The first-order valence-corrected chi connectivity index (χ1v) is 9.09. The van der Waals surface area contributed by atoms with Crippen LogP contribution in [-0.2, 0) is 22.6 Å². The quantitative estimate of drug-likeness (QED) is 0.755. The van der Waals surface area contributed by atoms with Crippen LogP contribution < -0.4 is 19.5 Å². The van der Waals surface area contributed by atoms with Gasteiger partial charge < -0.3 is 24.4 Å². The lowest BCUT2D eigenvalue weighted by Gasteiger charge is -2.21. The van der Waals surface area contributed by atoms with Gasteiger partial charge in [0, 0.05) is 20.0 Å². The number of methoxy groups -OCH3 is 1. The van der Waals surface area contributed by atoms with Crippen LogP contribution in [0.2, 0.25) is 0 Å². The van der Waals surface area contributed by atoms with Crippen LogP contribution in [-0.4, -0.2) is 43.7 Å².